The Labute approximate surface area is 176 Å². The van der Waals surface area contributed by atoms with E-state index >= 15 is 0 Å². The molecule has 3 rings (SSSR count). The van der Waals surface area contributed by atoms with Crippen LogP contribution in [0.3, 0.4) is 0 Å². The summed E-state index contributed by atoms with van der Waals surface area (Å²) in [6.07, 6.45) is -5.06. The van der Waals surface area contributed by atoms with Crippen molar-refractivity contribution in [3.8, 4) is 0 Å². The maximum Gasteiger partial charge on any atom is 0.456 e. The van der Waals surface area contributed by atoms with Crippen LogP contribution in [0.2, 0.25) is 5.02 Å². The number of carbonyl (C=O) groups is 1. The first kappa shape index (κ1) is 22.4. The van der Waals surface area contributed by atoms with E-state index in [1.165, 1.54) is 24.3 Å². The van der Waals surface area contributed by atoms with E-state index in [4.69, 9.17) is 16.3 Å². The number of alkyl halides is 3. The number of aliphatic hydroxyl groups is 1. The van der Waals surface area contributed by atoms with Crippen molar-refractivity contribution in [1.82, 2.24) is 0 Å². The third kappa shape index (κ3) is 3.64. The first-order valence-corrected chi connectivity index (χ1v) is 9.51. The minimum atomic E-state index is -5.32. The fourth-order valence-electron chi connectivity index (χ4n) is 4.21. The Hall–Kier alpha value is -2.28. The summed E-state index contributed by atoms with van der Waals surface area (Å²) in [5.74, 6) is -7.11. The topological polar surface area (TPSA) is 72.8 Å². The lowest BCUT2D eigenvalue weighted by atomic mass is 9.65. The van der Waals surface area contributed by atoms with Crippen LogP contribution < -0.4 is 0 Å². The van der Waals surface area contributed by atoms with Gasteiger partial charge in [0.2, 0.25) is 0 Å². The number of hydrogen-bond acceptors (Lipinski definition) is 5. The molecule has 0 radical (unpaired) electrons. The van der Waals surface area contributed by atoms with E-state index in [2.05, 4.69) is 4.74 Å². The highest BCUT2D eigenvalue weighted by atomic mass is 35.5. The summed E-state index contributed by atoms with van der Waals surface area (Å²) in [7, 11) is 0.919. The maximum absolute atomic E-state index is 14.0. The fourth-order valence-corrected chi connectivity index (χ4v) is 4.33. The number of halogens is 4. The molecule has 1 aliphatic carbocycles. The highest BCUT2D eigenvalue weighted by Gasteiger charge is 2.69. The SMILES string of the molecule is COC(=O)[C@H]1[C@H](c2ccc(Cl)cc2)C2=C(CC(C)(C)CC2=C=O)O[C@]1(O)C(F)(F)F. The number of benzene rings is 1. The van der Waals surface area contributed by atoms with Crippen molar-refractivity contribution >= 4 is 23.5 Å². The molecule has 30 heavy (non-hydrogen) atoms. The molecule has 1 aromatic carbocycles. The van der Waals surface area contributed by atoms with Gasteiger partial charge in [-0.05, 0) is 29.5 Å². The average Bonchev–Trinajstić information content (AvgIpc) is 2.64. The van der Waals surface area contributed by atoms with Crippen LogP contribution in [0.4, 0.5) is 13.2 Å². The second-order valence-electron chi connectivity index (χ2n) is 8.26. The number of ether oxygens (including phenoxy) is 2. The van der Waals surface area contributed by atoms with Crippen molar-refractivity contribution in [2.75, 3.05) is 7.11 Å². The van der Waals surface area contributed by atoms with Gasteiger partial charge in [-0.15, -0.1) is 0 Å². The molecule has 0 unspecified atom stereocenters. The van der Waals surface area contributed by atoms with Crippen LogP contribution in [0, 0.1) is 11.3 Å². The van der Waals surface area contributed by atoms with Gasteiger partial charge in [0.25, 0.3) is 0 Å². The molecular formula is C21H20ClF3O5. The lowest BCUT2D eigenvalue weighted by Crippen LogP contribution is -2.60. The van der Waals surface area contributed by atoms with Gasteiger partial charge in [0.15, 0.2) is 0 Å². The van der Waals surface area contributed by atoms with E-state index in [0.717, 1.165) is 7.11 Å². The Morgan fingerprint density at radius 1 is 1.27 bits per heavy atom. The zero-order valence-electron chi connectivity index (χ0n) is 16.5. The number of allylic oxidation sites excluding steroid dienone is 3. The molecule has 0 saturated carbocycles. The molecule has 0 bridgehead atoms. The van der Waals surface area contributed by atoms with Crippen LogP contribution in [0.5, 0.6) is 0 Å². The van der Waals surface area contributed by atoms with Gasteiger partial charge in [0, 0.05) is 28.5 Å². The second kappa shape index (κ2) is 7.45. The van der Waals surface area contributed by atoms with E-state index in [1.54, 1.807) is 19.8 Å². The highest BCUT2D eigenvalue weighted by molar-refractivity contribution is 6.30. The summed E-state index contributed by atoms with van der Waals surface area (Å²) in [5.41, 5.74) is -0.142. The summed E-state index contributed by atoms with van der Waals surface area (Å²) in [5, 5.41) is 11.0. The second-order valence-corrected chi connectivity index (χ2v) is 8.70. The van der Waals surface area contributed by atoms with Gasteiger partial charge in [0.1, 0.15) is 17.6 Å². The molecule has 1 N–H and O–H groups in total. The third-order valence-corrected chi connectivity index (χ3v) is 5.73. The molecule has 0 saturated heterocycles. The van der Waals surface area contributed by atoms with Crippen molar-refractivity contribution in [2.24, 2.45) is 11.3 Å². The quantitative estimate of drug-likeness (QED) is 0.543. The van der Waals surface area contributed by atoms with Crippen LogP contribution >= 0.6 is 11.6 Å². The van der Waals surface area contributed by atoms with E-state index in [0.29, 0.717) is 5.02 Å². The summed E-state index contributed by atoms with van der Waals surface area (Å²) in [4.78, 5) is 24.3. The molecule has 162 valence electrons. The van der Waals surface area contributed by atoms with Crippen molar-refractivity contribution < 1.29 is 37.3 Å². The van der Waals surface area contributed by atoms with E-state index < -0.39 is 35.2 Å². The lowest BCUT2D eigenvalue weighted by Gasteiger charge is -2.48. The Kier molecular flexibility index (Phi) is 5.56. The average molecular weight is 445 g/mol. The summed E-state index contributed by atoms with van der Waals surface area (Å²) in [6, 6.07) is 5.78. The maximum atomic E-state index is 14.0. The number of rotatable bonds is 2. The molecule has 9 heteroatoms. The van der Waals surface area contributed by atoms with Crippen LogP contribution in [0.15, 0.2) is 41.2 Å². The van der Waals surface area contributed by atoms with Crippen molar-refractivity contribution in [3.05, 3.63) is 51.8 Å². The largest absolute Gasteiger partial charge is 0.469 e. The Bertz CT molecular complexity index is 944. The van der Waals surface area contributed by atoms with Gasteiger partial charge in [0.05, 0.1) is 7.11 Å². The lowest BCUT2D eigenvalue weighted by molar-refractivity contribution is -0.378. The fraction of sp³-hybridized carbons (Fsp3) is 0.476. The van der Waals surface area contributed by atoms with Crippen molar-refractivity contribution in [1.29, 1.82) is 0 Å². The Morgan fingerprint density at radius 2 is 1.87 bits per heavy atom. The molecular weight excluding hydrogens is 425 g/mol. The number of methoxy groups -OCH3 is 1. The zero-order chi connectivity index (χ0) is 22.5. The van der Waals surface area contributed by atoms with Gasteiger partial charge in [-0.2, -0.15) is 13.2 Å². The van der Waals surface area contributed by atoms with Gasteiger partial charge in [-0.1, -0.05) is 37.6 Å². The minimum Gasteiger partial charge on any atom is -0.469 e. The van der Waals surface area contributed by atoms with Crippen molar-refractivity contribution in [3.63, 3.8) is 0 Å². The standard InChI is InChI=1S/C21H20ClF3O5/c1-19(2)8-12(10-26)15-14(9-19)30-20(28,21(23,24)25)17(18(27)29-3)16(15)11-4-6-13(22)7-5-11/h4-7,16-17,28H,8-9H2,1-3H3/t16-,17-,20+/m1/s1. The highest BCUT2D eigenvalue weighted by Crippen LogP contribution is 2.57. The normalized spacial score (nSPS) is 28.3. The number of hydrogen-bond donors (Lipinski definition) is 1. The molecule has 5 nitrogen and oxygen atoms in total. The summed E-state index contributed by atoms with van der Waals surface area (Å²) < 4.78 is 51.9. The van der Waals surface area contributed by atoms with E-state index in [-0.39, 0.29) is 35.3 Å². The first-order valence-electron chi connectivity index (χ1n) is 9.13. The summed E-state index contributed by atoms with van der Waals surface area (Å²) >= 11 is 5.91. The van der Waals surface area contributed by atoms with Gasteiger partial charge < -0.3 is 14.6 Å². The van der Waals surface area contributed by atoms with E-state index in [1.807, 2.05) is 0 Å². The molecule has 1 heterocycles. The van der Waals surface area contributed by atoms with Crippen LogP contribution in [-0.4, -0.2) is 36.1 Å². The predicted molar refractivity (Wildman–Crippen MR) is 101 cm³/mol. The minimum absolute atomic E-state index is 0.0316. The van der Waals surface area contributed by atoms with Crippen molar-refractivity contribution in [2.45, 2.75) is 44.6 Å². The zero-order valence-corrected chi connectivity index (χ0v) is 17.2. The molecule has 3 atom stereocenters. The molecule has 1 aromatic rings. The first-order chi connectivity index (χ1) is 13.8. The van der Waals surface area contributed by atoms with Gasteiger partial charge >= 0.3 is 17.9 Å². The molecule has 1 aliphatic heterocycles. The monoisotopic (exact) mass is 444 g/mol. The molecule has 0 amide bonds. The molecule has 0 aromatic heterocycles. The molecule has 2 aliphatic rings. The van der Waals surface area contributed by atoms with Crippen LogP contribution in [0.25, 0.3) is 0 Å². The Balaban J connectivity index is 2.36. The van der Waals surface area contributed by atoms with Crippen LogP contribution in [-0.2, 0) is 19.1 Å². The van der Waals surface area contributed by atoms with E-state index in [9.17, 15) is 27.9 Å². The molecule has 0 spiro atoms. The van der Waals surface area contributed by atoms with Gasteiger partial charge in [-0.25, -0.2) is 4.79 Å². The Morgan fingerprint density at radius 3 is 2.37 bits per heavy atom. The van der Waals surface area contributed by atoms with Crippen LogP contribution in [0.1, 0.15) is 38.2 Å². The summed E-state index contributed by atoms with van der Waals surface area (Å²) in [6.45, 7) is 3.52. The molecule has 0 fully saturated rings. The number of carbonyl (C=O) groups excluding carboxylic acids is 2. The van der Waals surface area contributed by atoms with Gasteiger partial charge in [-0.3, -0.25) is 4.79 Å². The third-order valence-electron chi connectivity index (χ3n) is 5.48. The predicted octanol–water partition coefficient (Wildman–Crippen LogP) is 4.33. The smallest absolute Gasteiger partial charge is 0.456 e. The number of esters is 1.